The van der Waals surface area contributed by atoms with Crippen molar-refractivity contribution in [3.8, 4) is 0 Å². The summed E-state index contributed by atoms with van der Waals surface area (Å²) in [5.41, 5.74) is 0. The molecule has 0 aromatic heterocycles. The Morgan fingerprint density at radius 2 is 0.571 bits per heavy atom. The van der Waals surface area contributed by atoms with Crippen molar-refractivity contribution in [2.45, 2.75) is 154 Å². The quantitative estimate of drug-likeness (QED) is 0.0819. The van der Waals surface area contributed by atoms with Gasteiger partial charge in [0.1, 0.15) is 122 Å². The van der Waals surface area contributed by atoms with Gasteiger partial charge in [0.25, 0.3) is 0 Å². The predicted octanol–water partition coefficient (Wildman–Crippen LogP) is -11.9. The van der Waals surface area contributed by atoms with Gasteiger partial charge in [-0.2, -0.15) is 0 Å². The molecule has 0 bridgehead atoms. The molecule has 17 N–H and O–H groups in total. The minimum atomic E-state index is -2.20. The molecule has 5 saturated heterocycles. The van der Waals surface area contributed by atoms with E-state index in [1.54, 1.807) is 0 Å². The third kappa shape index (κ3) is 9.16. The zero-order valence-corrected chi connectivity index (χ0v) is 29.2. The second-order valence-corrected chi connectivity index (χ2v) is 13.9. The highest BCUT2D eigenvalue weighted by atomic mass is 16.8. The average Bonchev–Trinajstić information content (AvgIpc) is 3.18. The number of hydrogen-bond donors (Lipinski definition) is 17. The Kier molecular flexibility index (Phi) is 16.1. The van der Waals surface area contributed by atoms with E-state index in [-0.39, 0.29) is 0 Å². The maximum Gasteiger partial charge on any atom is 0.187 e. The molecule has 0 aliphatic carbocycles. The fourth-order valence-corrected chi connectivity index (χ4v) is 6.98. The van der Waals surface area contributed by atoms with Crippen LogP contribution in [-0.2, 0) is 42.6 Å². The minimum Gasteiger partial charge on any atom is -0.394 e. The molecule has 5 rings (SSSR count). The first kappa shape index (κ1) is 46.0. The molecule has 0 aromatic rings. The summed E-state index contributed by atoms with van der Waals surface area (Å²) in [6.45, 7) is -4.55. The summed E-state index contributed by atoms with van der Waals surface area (Å²) in [5, 5.41) is 177. The maximum atomic E-state index is 11.4. The second kappa shape index (κ2) is 19.6. The summed E-state index contributed by atoms with van der Waals surface area (Å²) in [5.74, 6) is 0. The second-order valence-electron chi connectivity index (χ2n) is 13.9. The Morgan fingerprint density at radius 3 is 1.00 bits per heavy atom. The van der Waals surface area contributed by atoms with E-state index in [0.717, 1.165) is 0 Å². The summed E-state index contributed by atoms with van der Waals surface area (Å²) in [4.78, 5) is 0. The van der Waals surface area contributed by atoms with Crippen LogP contribution in [0.4, 0.5) is 0 Å². The maximum absolute atomic E-state index is 11.4. The van der Waals surface area contributed by atoms with E-state index < -0.39 is 187 Å². The van der Waals surface area contributed by atoms with Gasteiger partial charge < -0.3 is 129 Å². The van der Waals surface area contributed by atoms with Gasteiger partial charge >= 0.3 is 0 Å². The lowest BCUT2D eigenvalue weighted by atomic mass is 9.95. The molecular weight excluding hydrogens is 776 g/mol. The lowest BCUT2D eigenvalue weighted by Gasteiger charge is -2.49. The van der Waals surface area contributed by atoms with E-state index in [4.69, 9.17) is 42.6 Å². The van der Waals surface area contributed by atoms with Crippen LogP contribution in [-0.4, -0.2) is 273 Å². The number of aliphatic hydroxyl groups is 17. The lowest BCUT2D eigenvalue weighted by molar-refractivity contribution is -0.402. The normalized spacial score (nSPS) is 53.2. The molecule has 0 saturated carbocycles. The van der Waals surface area contributed by atoms with Crippen molar-refractivity contribution in [3.63, 3.8) is 0 Å². The summed E-state index contributed by atoms with van der Waals surface area (Å²) < 4.78 is 49.3. The van der Waals surface area contributed by atoms with Crippen LogP contribution in [0.5, 0.6) is 0 Å². The molecule has 5 fully saturated rings. The first-order valence-corrected chi connectivity index (χ1v) is 17.6. The summed E-state index contributed by atoms with van der Waals surface area (Å²) >= 11 is 0. The standard InChI is InChI=1S/C30H52O26/c31-1-6-12(37)17(42)24(26(47)48-6)55-30-25(18(43)13(38)8(3-33)52-30)56-29-21(46)23(15(40)10(5-35)51-29)54-28-20(45)22(14(39)9(4-34)50-28)53-27-19(44)16(41)11(36)7(2-32)49-27/h6-47H,1-5H2/t6-,7-,8-,9-,10-,11-,12-,13-,14-,15-,16+,17+,18+,19+,20+,21+,22+,23+,24+,25+,26+,27-,28-,29-,30-/m1/s1. The van der Waals surface area contributed by atoms with Gasteiger partial charge in [-0.25, -0.2) is 0 Å². The number of hydrogen-bond acceptors (Lipinski definition) is 26. The highest BCUT2D eigenvalue weighted by molar-refractivity contribution is 4.99. The topological polar surface area (TPSA) is 427 Å². The number of rotatable bonds is 13. The van der Waals surface area contributed by atoms with Gasteiger partial charge in [0, 0.05) is 0 Å². The summed E-state index contributed by atoms with van der Waals surface area (Å²) in [6, 6.07) is 0. The fraction of sp³-hybridized carbons (Fsp3) is 1.00. The average molecular weight is 829 g/mol. The smallest absolute Gasteiger partial charge is 0.187 e. The van der Waals surface area contributed by atoms with E-state index in [2.05, 4.69) is 0 Å². The third-order valence-corrected chi connectivity index (χ3v) is 10.3. The van der Waals surface area contributed by atoms with Crippen LogP contribution >= 0.6 is 0 Å². The molecule has 25 atom stereocenters. The number of aliphatic hydroxyl groups excluding tert-OH is 17. The van der Waals surface area contributed by atoms with Crippen molar-refractivity contribution in [1.29, 1.82) is 0 Å². The Balaban J connectivity index is 1.36. The molecule has 5 aliphatic heterocycles. The summed E-state index contributed by atoms with van der Waals surface area (Å²) in [7, 11) is 0. The summed E-state index contributed by atoms with van der Waals surface area (Å²) in [6.07, 6.45) is -47.4. The van der Waals surface area contributed by atoms with Crippen molar-refractivity contribution in [2.24, 2.45) is 0 Å². The molecule has 0 amide bonds. The van der Waals surface area contributed by atoms with Gasteiger partial charge in [-0.15, -0.1) is 0 Å². The highest BCUT2D eigenvalue weighted by Gasteiger charge is 2.56. The molecular formula is C30H52O26. The Labute approximate surface area is 316 Å². The minimum absolute atomic E-state index is 0.820. The largest absolute Gasteiger partial charge is 0.394 e. The molecule has 26 heteroatoms. The molecule has 5 aliphatic rings. The zero-order valence-electron chi connectivity index (χ0n) is 29.2. The van der Waals surface area contributed by atoms with Crippen molar-refractivity contribution in [1.82, 2.24) is 0 Å². The van der Waals surface area contributed by atoms with Crippen molar-refractivity contribution < 1.29 is 129 Å². The van der Waals surface area contributed by atoms with Gasteiger partial charge in [0.05, 0.1) is 33.0 Å². The van der Waals surface area contributed by atoms with Crippen molar-refractivity contribution in [2.75, 3.05) is 33.0 Å². The van der Waals surface area contributed by atoms with Gasteiger partial charge in [0.15, 0.2) is 31.5 Å². The van der Waals surface area contributed by atoms with Gasteiger partial charge in [-0.1, -0.05) is 0 Å². The molecule has 0 aromatic carbocycles. The van der Waals surface area contributed by atoms with E-state index in [1.807, 2.05) is 0 Å². The van der Waals surface area contributed by atoms with Crippen LogP contribution in [0, 0.1) is 0 Å². The molecule has 26 nitrogen and oxygen atoms in total. The van der Waals surface area contributed by atoms with Crippen molar-refractivity contribution in [3.05, 3.63) is 0 Å². The molecule has 0 radical (unpaired) electrons. The van der Waals surface area contributed by atoms with Gasteiger partial charge in [0.2, 0.25) is 0 Å². The van der Waals surface area contributed by atoms with Gasteiger partial charge in [-0.05, 0) is 0 Å². The lowest BCUT2D eigenvalue weighted by Crippen LogP contribution is -2.68. The third-order valence-electron chi connectivity index (χ3n) is 10.3. The Bertz CT molecular complexity index is 1210. The molecule has 328 valence electrons. The predicted molar refractivity (Wildman–Crippen MR) is 167 cm³/mol. The van der Waals surface area contributed by atoms with Crippen LogP contribution in [0.2, 0.25) is 0 Å². The molecule has 5 heterocycles. The molecule has 0 unspecified atom stereocenters. The first-order chi connectivity index (χ1) is 26.5. The Morgan fingerprint density at radius 1 is 0.268 bits per heavy atom. The van der Waals surface area contributed by atoms with Crippen LogP contribution in [0.3, 0.4) is 0 Å². The van der Waals surface area contributed by atoms with E-state index >= 15 is 0 Å². The number of ether oxygens (including phenoxy) is 9. The molecule has 56 heavy (non-hydrogen) atoms. The van der Waals surface area contributed by atoms with Crippen LogP contribution in [0.25, 0.3) is 0 Å². The van der Waals surface area contributed by atoms with Crippen LogP contribution in [0.15, 0.2) is 0 Å². The van der Waals surface area contributed by atoms with E-state index in [9.17, 15) is 86.8 Å². The highest BCUT2D eigenvalue weighted by Crippen LogP contribution is 2.36. The van der Waals surface area contributed by atoms with Gasteiger partial charge in [-0.3, -0.25) is 0 Å². The zero-order chi connectivity index (χ0) is 41.3. The monoisotopic (exact) mass is 828 g/mol. The van der Waals surface area contributed by atoms with E-state index in [0.29, 0.717) is 0 Å². The van der Waals surface area contributed by atoms with E-state index in [1.165, 1.54) is 0 Å². The first-order valence-electron chi connectivity index (χ1n) is 17.6. The molecule has 0 spiro atoms. The fourth-order valence-electron chi connectivity index (χ4n) is 6.98. The SMILES string of the molecule is OC[C@H]1O[C@H](O[C@@H]2[C@H](O)[C@@H](O[C@@H]3[C@H](O)[C@@H](O[C@@H]4[C@@H](O[C@H]5[C@@H](O)[C@H](O)[C@@H](CO)O[C@@H]5O)O[C@H](CO)[C@@H](O)[C@@H]4O)O[C@H](CO)[C@H]3O)O[C@H](CO)[C@H]2O)[C@@H](O)[C@@H](O)[C@@H]1O. The van der Waals surface area contributed by atoms with Crippen molar-refractivity contribution >= 4 is 0 Å². The van der Waals surface area contributed by atoms with Crippen LogP contribution in [0.1, 0.15) is 0 Å². The Hall–Kier alpha value is -1.04. The van der Waals surface area contributed by atoms with Crippen LogP contribution < -0.4 is 0 Å².